The average molecular weight is 757 g/mol. The smallest absolute Gasteiger partial charge is 0.422 e. The van der Waals surface area contributed by atoms with Gasteiger partial charge in [-0.3, -0.25) is 9.59 Å². The highest BCUT2D eigenvalue weighted by molar-refractivity contribution is 5.78. The van der Waals surface area contributed by atoms with Crippen LogP contribution >= 0.6 is 0 Å². The molecule has 17 heteroatoms. The largest absolute Gasteiger partial charge is 0.468 e. The second kappa shape index (κ2) is 17.1. The SMILES string of the molecule is O=C(CC1(O)CC(OC[C@H](NC(=O)CC2CCCCC2)c2ccnc(OCC(F)(F)F)c2)c2cc(F)ccc21)NCc1ccnc(OCC(F)(F)F)c1. The Balaban J connectivity index is 1.27. The van der Waals surface area contributed by atoms with Gasteiger partial charge in [-0.25, -0.2) is 14.4 Å². The van der Waals surface area contributed by atoms with Gasteiger partial charge in [0.25, 0.3) is 0 Å². The van der Waals surface area contributed by atoms with Gasteiger partial charge in [-0.2, -0.15) is 26.3 Å². The van der Waals surface area contributed by atoms with Crippen molar-refractivity contribution in [2.24, 2.45) is 5.92 Å². The van der Waals surface area contributed by atoms with Gasteiger partial charge in [0.1, 0.15) is 11.4 Å². The molecule has 5 rings (SSSR count). The third-order valence-electron chi connectivity index (χ3n) is 9.05. The molecule has 288 valence electrons. The predicted octanol–water partition coefficient (Wildman–Crippen LogP) is 6.68. The second-order valence-electron chi connectivity index (χ2n) is 13.3. The molecular weight excluding hydrogens is 717 g/mol. The fourth-order valence-electron chi connectivity index (χ4n) is 6.61. The van der Waals surface area contributed by atoms with Gasteiger partial charge >= 0.3 is 12.4 Å². The fraction of sp³-hybridized carbons (Fsp3) is 0.500. The number of fused-ring (bicyclic) bond motifs is 1. The first-order valence-corrected chi connectivity index (χ1v) is 17.1. The number of ether oxygens (including phenoxy) is 3. The Bertz CT molecular complexity index is 1720. The molecule has 0 radical (unpaired) electrons. The van der Waals surface area contributed by atoms with Crippen LogP contribution in [0.4, 0.5) is 30.7 Å². The first kappa shape index (κ1) is 39.7. The van der Waals surface area contributed by atoms with E-state index in [1.54, 1.807) is 0 Å². The number of halogens is 7. The molecule has 2 unspecified atom stereocenters. The molecule has 0 bridgehead atoms. The molecule has 3 atom stereocenters. The molecule has 3 aromatic rings. The molecule has 1 fully saturated rings. The van der Waals surface area contributed by atoms with Crippen LogP contribution in [0.3, 0.4) is 0 Å². The number of aromatic nitrogens is 2. The molecule has 3 N–H and O–H groups in total. The summed E-state index contributed by atoms with van der Waals surface area (Å²) in [7, 11) is 0. The molecule has 2 aliphatic rings. The summed E-state index contributed by atoms with van der Waals surface area (Å²) in [6, 6.07) is 8.18. The van der Waals surface area contributed by atoms with Gasteiger partial charge in [0.15, 0.2) is 13.2 Å². The number of aliphatic hydroxyl groups is 1. The van der Waals surface area contributed by atoms with E-state index >= 15 is 0 Å². The number of carbonyl (C=O) groups excluding carboxylic acids is 2. The summed E-state index contributed by atoms with van der Waals surface area (Å²) in [5.74, 6) is -1.99. The molecule has 2 amide bonds. The summed E-state index contributed by atoms with van der Waals surface area (Å²) >= 11 is 0. The van der Waals surface area contributed by atoms with Crippen LogP contribution in [0.1, 0.15) is 85.8 Å². The van der Waals surface area contributed by atoms with Crippen molar-refractivity contribution in [3.8, 4) is 11.8 Å². The first-order valence-electron chi connectivity index (χ1n) is 17.1. The lowest BCUT2D eigenvalue weighted by Gasteiger charge is -2.26. The van der Waals surface area contributed by atoms with Gasteiger partial charge in [-0.05, 0) is 65.3 Å². The van der Waals surface area contributed by atoms with Crippen molar-refractivity contribution < 1.29 is 59.6 Å². The highest BCUT2D eigenvalue weighted by atomic mass is 19.4. The lowest BCUT2D eigenvalue weighted by atomic mass is 9.87. The van der Waals surface area contributed by atoms with Crippen LogP contribution in [0.2, 0.25) is 0 Å². The number of nitrogens with one attached hydrogen (secondary N) is 2. The number of pyridine rings is 2. The third kappa shape index (κ3) is 12.0. The summed E-state index contributed by atoms with van der Waals surface area (Å²) in [5, 5.41) is 17.3. The van der Waals surface area contributed by atoms with E-state index in [-0.39, 0.29) is 60.7 Å². The number of alkyl halides is 6. The van der Waals surface area contributed by atoms with E-state index < -0.39 is 61.5 Å². The lowest BCUT2D eigenvalue weighted by molar-refractivity contribution is -0.154. The number of hydrogen-bond donors (Lipinski definition) is 3. The highest BCUT2D eigenvalue weighted by Gasteiger charge is 2.45. The molecule has 0 saturated heterocycles. The van der Waals surface area contributed by atoms with Crippen LogP contribution < -0.4 is 20.1 Å². The van der Waals surface area contributed by atoms with Crippen molar-refractivity contribution in [2.75, 3.05) is 19.8 Å². The van der Waals surface area contributed by atoms with Crippen LogP contribution in [-0.4, -0.2) is 59.1 Å². The molecule has 1 aromatic carbocycles. The number of nitrogens with zero attached hydrogens (tertiary/aromatic N) is 2. The van der Waals surface area contributed by atoms with Crippen LogP contribution in [0, 0.1) is 11.7 Å². The zero-order valence-corrected chi connectivity index (χ0v) is 28.4. The highest BCUT2D eigenvalue weighted by Crippen LogP contribution is 2.47. The fourth-order valence-corrected chi connectivity index (χ4v) is 6.61. The van der Waals surface area contributed by atoms with E-state index in [0.717, 1.165) is 38.2 Å². The minimum atomic E-state index is -4.61. The maximum atomic E-state index is 14.5. The summed E-state index contributed by atoms with van der Waals surface area (Å²) in [6.45, 7) is -3.49. The molecule has 1 saturated carbocycles. The van der Waals surface area contributed by atoms with E-state index in [1.807, 2.05) is 0 Å². The quantitative estimate of drug-likeness (QED) is 0.147. The summed E-state index contributed by atoms with van der Waals surface area (Å²) in [6.07, 6.45) is -3.20. The van der Waals surface area contributed by atoms with Gasteiger partial charge in [0, 0.05) is 43.9 Å². The topological polar surface area (TPSA) is 132 Å². The Morgan fingerprint density at radius 2 is 1.55 bits per heavy atom. The normalized spacial score (nSPS) is 19.7. The van der Waals surface area contributed by atoms with Crippen molar-refractivity contribution in [2.45, 2.75) is 88.0 Å². The molecule has 53 heavy (non-hydrogen) atoms. The van der Waals surface area contributed by atoms with Gasteiger partial charge in [-0.1, -0.05) is 25.3 Å². The Labute approximate surface area is 300 Å². The van der Waals surface area contributed by atoms with Gasteiger partial charge in [-0.15, -0.1) is 0 Å². The lowest BCUT2D eigenvalue weighted by Crippen LogP contribution is -2.34. The van der Waals surface area contributed by atoms with E-state index in [2.05, 4.69) is 25.3 Å². The monoisotopic (exact) mass is 756 g/mol. The summed E-state index contributed by atoms with van der Waals surface area (Å²) in [5.41, 5.74) is -0.615. The number of carbonyl (C=O) groups is 2. The molecule has 2 heterocycles. The minimum absolute atomic E-state index is 0.126. The van der Waals surface area contributed by atoms with Gasteiger partial charge in [0.2, 0.25) is 23.6 Å². The van der Waals surface area contributed by atoms with Crippen molar-refractivity contribution in [1.29, 1.82) is 0 Å². The van der Waals surface area contributed by atoms with Crippen LogP contribution in [0.5, 0.6) is 11.8 Å². The zero-order valence-electron chi connectivity index (χ0n) is 28.4. The van der Waals surface area contributed by atoms with Crippen molar-refractivity contribution in [3.63, 3.8) is 0 Å². The Morgan fingerprint density at radius 3 is 2.23 bits per heavy atom. The number of benzene rings is 1. The summed E-state index contributed by atoms with van der Waals surface area (Å²) in [4.78, 5) is 33.8. The van der Waals surface area contributed by atoms with Crippen molar-refractivity contribution in [3.05, 3.63) is 82.9 Å². The van der Waals surface area contributed by atoms with Crippen molar-refractivity contribution >= 4 is 11.8 Å². The Kier molecular flexibility index (Phi) is 12.8. The molecule has 0 spiro atoms. The predicted molar refractivity (Wildman–Crippen MR) is 174 cm³/mol. The average Bonchev–Trinajstić information content (AvgIpc) is 3.37. The second-order valence-corrected chi connectivity index (χ2v) is 13.3. The summed E-state index contributed by atoms with van der Waals surface area (Å²) < 4.78 is 106. The van der Waals surface area contributed by atoms with E-state index in [4.69, 9.17) is 9.47 Å². The number of rotatable bonds is 15. The third-order valence-corrected chi connectivity index (χ3v) is 9.05. The van der Waals surface area contributed by atoms with E-state index in [9.17, 15) is 45.4 Å². The standard InChI is InChI=1S/C36H39F7N4O6/c37-25-6-7-27-26(15-25)29(16-34(27,50)17-31(49)46-18-23-8-10-44-32(13-23)52-20-35(38,39)40)51-19-28(47-30(48)12-22-4-2-1-3-5-22)24-9-11-45-33(14-24)53-21-36(41,42)43/h6-11,13-15,22,28-29,50H,1-5,12,16-21H2,(H,46,49)(H,47,48)/t28-,29?,34?/m0/s1. The van der Waals surface area contributed by atoms with Crippen LogP contribution in [-0.2, 0) is 26.5 Å². The zero-order chi connectivity index (χ0) is 38.2. The molecule has 2 aliphatic carbocycles. The number of hydrogen-bond acceptors (Lipinski definition) is 8. The van der Waals surface area contributed by atoms with Gasteiger partial charge in [0.05, 0.1) is 25.2 Å². The minimum Gasteiger partial charge on any atom is -0.468 e. The molecule has 2 aromatic heterocycles. The van der Waals surface area contributed by atoms with Crippen molar-refractivity contribution in [1.82, 2.24) is 20.6 Å². The van der Waals surface area contributed by atoms with Crippen LogP contribution in [0.15, 0.2) is 54.9 Å². The van der Waals surface area contributed by atoms with E-state index in [1.165, 1.54) is 48.8 Å². The maximum Gasteiger partial charge on any atom is 0.422 e. The Hall–Kier alpha value is -4.51. The maximum absolute atomic E-state index is 14.5. The Morgan fingerprint density at radius 1 is 0.887 bits per heavy atom. The van der Waals surface area contributed by atoms with E-state index in [0.29, 0.717) is 11.1 Å². The van der Waals surface area contributed by atoms with Crippen LogP contribution in [0.25, 0.3) is 0 Å². The molecule has 10 nitrogen and oxygen atoms in total. The van der Waals surface area contributed by atoms with Gasteiger partial charge < -0.3 is 30.0 Å². The molecule has 0 aliphatic heterocycles. The first-order chi connectivity index (χ1) is 25.0. The molecular formula is C36H39F7N4O6. The number of amides is 2.